The summed E-state index contributed by atoms with van der Waals surface area (Å²) in [4.78, 5) is 12.5. The molecule has 0 aliphatic rings. The summed E-state index contributed by atoms with van der Waals surface area (Å²) in [5, 5.41) is 7.20. The number of rotatable bonds is 3. The lowest BCUT2D eigenvalue weighted by molar-refractivity contribution is 0.101. The highest BCUT2D eigenvalue weighted by Crippen LogP contribution is 2.26. The molecular weight excluding hydrogens is 329 g/mol. The minimum absolute atomic E-state index is 0.0862. The number of amides is 1. The maximum atomic E-state index is 13.0. The molecule has 0 saturated heterocycles. The zero-order valence-corrected chi connectivity index (χ0v) is 15.4. The van der Waals surface area contributed by atoms with Gasteiger partial charge in [0.25, 0.3) is 5.91 Å². The minimum Gasteiger partial charge on any atom is -0.321 e. The lowest BCUT2D eigenvalue weighted by Gasteiger charge is -2.18. The third kappa shape index (κ3) is 3.82. The van der Waals surface area contributed by atoms with Crippen LogP contribution < -0.4 is 5.32 Å². The summed E-state index contributed by atoms with van der Waals surface area (Å²) in [5.74, 6) is -0.631. The number of hydrogen-bond acceptors (Lipinski definition) is 2. The van der Waals surface area contributed by atoms with E-state index >= 15 is 0 Å². The van der Waals surface area contributed by atoms with Gasteiger partial charge < -0.3 is 5.32 Å². The maximum Gasteiger partial charge on any atom is 0.273 e. The van der Waals surface area contributed by atoms with E-state index in [2.05, 4.69) is 43.3 Å². The van der Waals surface area contributed by atoms with Gasteiger partial charge in [-0.05, 0) is 41.3 Å². The van der Waals surface area contributed by atoms with Crippen LogP contribution in [0.4, 0.5) is 10.1 Å². The van der Waals surface area contributed by atoms with Crippen LogP contribution in [-0.4, -0.2) is 15.7 Å². The van der Waals surface area contributed by atoms with Gasteiger partial charge in [-0.3, -0.25) is 9.48 Å². The van der Waals surface area contributed by atoms with Crippen LogP contribution in [0.2, 0.25) is 0 Å². The number of hydrogen-bond donors (Lipinski definition) is 1. The molecule has 26 heavy (non-hydrogen) atoms. The van der Waals surface area contributed by atoms with Gasteiger partial charge in [0.2, 0.25) is 0 Å². The van der Waals surface area contributed by atoms with Crippen molar-refractivity contribution < 1.29 is 9.18 Å². The Morgan fingerprint density at radius 3 is 2.23 bits per heavy atom. The van der Waals surface area contributed by atoms with Gasteiger partial charge in [0, 0.05) is 18.3 Å². The smallest absolute Gasteiger partial charge is 0.273 e. The SMILES string of the molecule is Cn1nc(-c2ccc(C(C)(C)C)cc2)cc1C(=O)Nc1ccc(F)cc1. The van der Waals surface area contributed by atoms with Gasteiger partial charge in [-0.1, -0.05) is 45.0 Å². The molecule has 0 saturated carbocycles. The summed E-state index contributed by atoms with van der Waals surface area (Å²) in [6.07, 6.45) is 0. The van der Waals surface area contributed by atoms with Gasteiger partial charge >= 0.3 is 0 Å². The third-order valence-electron chi connectivity index (χ3n) is 4.26. The van der Waals surface area contributed by atoms with Crippen molar-refractivity contribution in [1.29, 1.82) is 0 Å². The molecule has 0 bridgehead atoms. The second-order valence-corrected chi connectivity index (χ2v) is 7.33. The monoisotopic (exact) mass is 351 g/mol. The molecule has 3 rings (SSSR count). The topological polar surface area (TPSA) is 46.9 Å². The van der Waals surface area contributed by atoms with Crippen molar-refractivity contribution in [2.24, 2.45) is 7.05 Å². The molecule has 1 N–H and O–H groups in total. The van der Waals surface area contributed by atoms with Crippen molar-refractivity contribution in [3.63, 3.8) is 0 Å². The van der Waals surface area contributed by atoms with E-state index in [1.165, 1.54) is 29.8 Å². The highest BCUT2D eigenvalue weighted by atomic mass is 19.1. The maximum absolute atomic E-state index is 13.0. The van der Waals surface area contributed by atoms with Crippen molar-refractivity contribution in [3.8, 4) is 11.3 Å². The number of aromatic nitrogens is 2. The van der Waals surface area contributed by atoms with E-state index in [-0.39, 0.29) is 17.1 Å². The van der Waals surface area contributed by atoms with E-state index in [0.29, 0.717) is 11.4 Å². The Morgan fingerprint density at radius 2 is 1.65 bits per heavy atom. The molecule has 0 unspecified atom stereocenters. The van der Waals surface area contributed by atoms with Crippen molar-refractivity contribution in [2.45, 2.75) is 26.2 Å². The van der Waals surface area contributed by atoms with Gasteiger partial charge in [-0.15, -0.1) is 0 Å². The van der Waals surface area contributed by atoms with Crippen LogP contribution >= 0.6 is 0 Å². The number of benzene rings is 2. The number of carbonyl (C=O) groups is 1. The van der Waals surface area contributed by atoms with Crippen molar-refractivity contribution in [2.75, 3.05) is 5.32 Å². The van der Waals surface area contributed by atoms with Crippen LogP contribution in [-0.2, 0) is 12.5 Å². The lowest BCUT2D eigenvalue weighted by Crippen LogP contribution is -2.15. The van der Waals surface area contributed by atoms with Crippen LogP contribution in [0, 0.1) is 5.82 Å². The Balaban J connectivity index is 1.82. The highest BCUT2D eigenvalue weighted by molar-refractivity contribution is 6.03. The van der Waals surface area contributed by atoms with Crippen LogP contribution in [0.5, 0.6) is 0 Å². The van der Waals surface area contributed by atoms with Crippen molar-refractivity contribution in [3.05, 3.63) is 71.7 Å². The fourth-order valence-corrected chi connectivity index (χ4v) is 2.69. The summed E-state index contributed by atoms with van der Waals surface area (Å²) in [6.45, 7) is 6.50. The summed E-state index contributed by atoms with van der Waals surface area (Å²) < 4.78 is 14.5. The molecule has 0 aliphatic carbocycles. The molecular formula is C21H22FN3O. The van der Waals surface area contributed by atoms with E-state index in [4.69, 9.17) is 0 Å². The first kappa shape index (κ1) is 17.9. The zero-order valence-electron chi connectivity index (χ0n) is 15.4. The van der Waals surface area contributed by atoms with Crippen LogP contribution in [0.1, 0.15) is 36.8 Å². The molecule has 1 amide bonds. The van der Waals surface area contributed by atoms with Gasteiger partial charge in [0.05, 0.1) is 5.69 Å². The number of halogens is 1. The van der Waals surface area contributed by atoms with Crippen LogP contribution in [0.25, 0.3) is 11.3 Å². The summed E-state index contributed by atoms with van der Waals surface area (Å²) >= 11 is 0. The molecule has 2 aromatic carbocycles. The Bertz CT molecular complexity index is 919. The predicted octanol–water partition coefficient (Wildman–Crippen LogP) is 4.78. The first-order valence-electron chi connectivity index (χ1n) is 8.46. The van der Waals surface area contributed by atoms with Crippen LogP contribution in [0.15, 0.2) is 54.6 Å². The molecule has 4 nitrogen and oxygen atoms in total. The first-order valence-corrected chi connectivity index (χ1v) is 8.46. The lowest BCUT2D eigenvalue weighted by atomic mass is 9.86. The molecule has 0 spiro atoms. The fraction of sp³-hybridized carbons (Fsp3) is 0.238. The summed E-state index contributed by atoms with van der Waals surface area (Å²) in [6, 6.07) is 15.6. The van der Waals surface area contributed by atoms with Crippen LogP contribution in [0.3, 0.4) is 0 Å². The van der Waals surface area contributed by atoms with Crippen molar-refractivity contribution >= 4 is 11.6 Å². The van der Waals surface area contributed by atoms with Gasteiger partial charge in [0.1, 0.15) is 11.5 Å². The summed E-state index contributed by atoms with van der Waals surface area (Å²) in [5.41, 5.74) is 3.99. The van der Waals surface area contributed by atoms with E-state index in [1.807, 2.05) is 12.1 Å². The molecule has 0 radical (unpaired) electrons. The molecule has 0 aliphatic heterocycles. The second-order valence-electron chi connectivity index (χ2n) is 7.33. The van der Waals surface area contributed by atoms with E-state index in [9.17, 15) is 9.18 Å². The molecule has 1 aromatic heterocycles. The average molecular weight is 351 g/mol. The van der Waals surface area contributed by atoms with Gasteiger partial charge in [-0.2, -0.15) is 5.10 Å². The Hall–Kier alpha value is -2.95. The molecule has 0 atom stereocenters. The third-order valence-corrected chi connectivity index (χ3v) is 4.26. The predicted molar refractivity (Wildman–Crippen MR) is 102 cm³/mol. The van der Waals surface area contributed by atoms with E-state index < -0.39 is 0 Å². The Kier molecular flexibility index (Phi) is 4.64. The highest BCUT2D eigenvalue weighted by Gasteiger charge is 2.16. The Labute approximate surface area is 152 Å². The number of aryl methyl sites for hydroxylation is 1. The number of nitrogens with zero attached hydrogens (tertiary/aromatic N) is 2. The fourth-order valence-electron chi connectivity index (χ4n) is 2.69. The largest absolute Gasteiger partial charge is 0.321 e. The zero-order chi connectivity index (χ0) is 18.9. The summed E-state index contributed by atoms with van der Waals surface area (Å²) in [7, 11) is 1.73. The number of carbonyl (C=O) groups excluding carboxylic acids is 1. The Morgan fingerprint density at radius 1 is 1.04 bits per heavy atom. The number of nitrogens with one attached hydrogen (secondary N) is 1. The van der Waals surface area contributed by atoms with E-state index in [1.54, 1.807) is 17.8 Å². The molecule has 5 heteroatoms. The molecule has 0 fully saturated rings. The molecule has 3 aromatic rings. The normalized spacial score (nSPS) is 11.4. The first-order chi connectivity index (χ1) is 12.2. The van der Waals surface area contributed by atoms with E-state index in [0.717, 1.165) is 11.3 Å². The minimum atomic E-state index is -0.343. The average Bonchev–Trinajstić information content (AvgIpc) is 2.98. The van der Waals surface area contributed by atoms with Crippen molar-refractivity contribution in [1.82, 2.24) is 9.78 Å². The number of anilines is 1. The second kappa shape index (κ2) is 6.75. The van der Waals surface area contributed by atoms with Gasteiger partial charge in [0.15, 0.2) is 0 Å². The quantitative estimate of drug-likeness (QED) is 0.738. The molecule has 134 valence electrons. The molecule has 1 heterocycles. The standard InChI is InChI=1S/C21H22FN3O/c1-21(2,3)15-7-5-14(6-8-15)18-13-19(25(4)24-18)20(26)23-17-11-9-16(22)10-12-17/h5-13H,1-4H3,(H,23,26). The van der Waals surface area contributed by atoms with Gasteiger partial charge in [-0.25, -0.2) is 4.39 Å².